The summed E-state index contributed by atoms with van der Waals surface area (Å²) in [5.74, 6) is -1.41. The number of nitrogens with one attached hydrogen (secondary N) is 2. The molecule has 3 aromatic rings. The predicted octanol–water partition coefficient (Wildman–Crippen LogP) is 2.82. The second-order valence-electron chi connectivity index (χ2n) is 5.91. The Morgan fingerprint density at radius 3 is 2.68 bits per heavy atom. The molecule has 28 heavy (non-hydrogen) atoms. The second kappa shape index (κ2) is 8.94. The highest BCUT2D eigenvalue weighted by atomic mass is 32.1. The van der Waals surface area contributed by atoms with Crippen LogP contribution in [0.2, 0.25) is 0 Å². The lowest BCUT2D eigenvalue weighted by molar-refractivity contribution is -0.130. The van der Waals surface area contributed by atoms with Crippen LogP contribution in [0.15, 0.2) is 36.4 Å². The minimum atomic E-state index is -0.696. The Morgan fingerprint density at radius 1 is 1.14 bits per heavy atom. The molecule has 2 aromatic heterocycles. The second-order valence-corrected chi connectivity index (χ2v) is 8.02. The normalized spacial score (nSPS) is 11.8. The minimum Gasteiger partial charge on any atom is -0.451 e. The first-order valence-corrected chi connectivity index (χ1v) is 10.3. The van der Waals surface area contributed by atoms with E-state index in [1.165, 1.54) is 11.3 Å². The summed E-state index contributed by atoms with van der Waals surface area (Å²) in [6.07, 6.45) is 0. The van der Waals surface area contributed by atoms with Crippen molar-refractivity contribution in [3.8, 4) is 9.88 Å². The Labute approximate surface area is 169 Å². The highest BCUT2D eigenvalue weighted by molar-refractivity contribution is 7.26. The van der Waals surface area contributed by atoms with Gasteiger partial charge in [0.1, 0.15) is 15.9 Å². The highest BCUT2D eigenvalue weighted by Crippen LogP contribution is 2.34. The van der Waals surface area contributed by atoms with Crippen LogP contribution in [-0.2, 0) is 14.3 Å². The summed E-state index contributed by atoms with van der Waals surface area (Å²) >= 11 is 2.82. The average Bonchev–Trinajstić information content (AvgIpc) is 3.33. The molecule has 0 bridgehead atoms. The maximum atomic E-state index is 12.2. The molecule has 9 heteroatoms. The van der Waals surface area contributed by atoms with Crippen molar-refractivity contribution in [3.05, 3.63) is 41.3 Å². The lowest BCUT2D eigenvalue weighted by Crippen LogP contribution is -2.46. The number of benzene rings is 1. The Balaban J connectivity index is 1.57. The van der Waals surface area contributed by atoms with Gasteiger partial charge in [-0.1, -0.05) is 12.1 Å². The van der Waals surface area contributed by atoms with Crippen LogP contribution in [0.5, 0.6) is 0 Å². The number of fused-ring (bicyclic) bond motifs is 1. The molecule has 0 fully saturated rings. The van der Waals surface area contributed by atoms with Gasteiger partial charge in [0, 0.05) is 6.54 Å². The molecular weight excluding hydrogens is 398 g/mol. The van der Waals surface area contributed by atoms with Crippen molar-refractivity contribution < 1.29 is 19.1 Å². The largest absolute Gasteiger partial charge is 0.451 e. The van der Waals surface area contributed by atoms with Crippen molar-refractivity contribution >= 4 is 50.7 Å². The van der Waals surface area contributed by atoms with E-state index in [-0.39, 0.29) is 5.91 Å². The molecule has 2 N–H and O–H groups in total. The molecule has 0 spiro atoms. The van der Waals surface area contributed by atoms with Crippen molar-refractivity contribution in [1.82, 2.24) is 15.6 Å². The van der Waals surface area contributed by atoms with Gasteiger partial charge in [0.2, 0.25) is 5.91 Å². The maximum absolute atomic E-state index is 12.2. The third kappa shape index (κ3) is 4.73. The van der Waals surface area contributed by atoms with Gasteiger partial charge in [-0.15, -0.1) is 22.7 Å². The molecule has 0 aliphatic rings. The zero-order chi connectivity index (χ0) is 20.1. The van der Waals surface area contributed by atoms with Crippen molar-refractivity contribution in [2.24, 2.45) is 0 Å². The van der Waals surface area contributed by atoms with Crippen LogP contribution in [0.1, 0.15) is 23.5 Å². The van der Waals surface area contributed by atoms with E-state index in [0.29, 0.717) is 11.4 Å². The molecule has 7 nitrogen and oxygen atoms in total. The summed E-state index contributed by atoms with van der Waals surface area (Å²) in [4.78, 5) is 41.5. The fraction of sp³-hybridized carbons (Fsp3) is 0.263. The van der Waals surface area contributed by atoms with Gasteiger partial charge in [-0.2, -0.15) is 0 Å². The van der Waals surface area contributed by atoms with E-state index < -0.39 is 24.5 Å². The monoisotopic (exact) mass is 417 g/mol. The molecule has 0 saturated heterocycles. The number of ether oxygens (including phenoxy) is 1. The molecule has 0 aliphatic heterocycles. The summed E-state index contributed by atoms with van der Waals surface area (Å²) in [5, 5.41) is 5.92. The number of thiazole rings is 1. The zero-order valence-electron chi connectivity index (χ0n) is 15.4. The number of nitrogens with zero attached hydrogens (tertiary/aromatic N) is 1. The summed E-state index contributed by atoms with van der Waals surface area (Å²) in [7, 11) is 0. The number of aromatic nitrogens is 1. The van der Waals surface area contributed by atoms with Crippen LogP contribution in [0.3, 0.4) is 0 Å². The van der Waals surface area contributed by atoms with Crippen LogP contribution < -0.4 is 10.6 Å². The van der Waals surface area contributed by atoms with E-state index in [9.17, 15) is 14.4 Å². The number of para-hydroxylation sites is 1. The van der Waals surface area contributed by atoms with Crippen molar-refractivity contribution in [3.63, 3.8) is 0 Å². The molecule has 1 atom stereocenters. The van der Waals surface area contributed by atoms with E-state index >= 15 is 0 Å². The van der Waals surface area contributed by atoms with Gasteiger partial charge in [-0.05, 0) is 38.1 Å². The van der Waals surface area contributed by atoms with Gasteiger partial charge in [0.25, 0.3) is 5.91 Å². The number of likely N-dealkylation sites (N-methyl/N-ethyl adjacent to an activating group) is 1. The van der Waals surface area contributed by atoms with Gasteiger partial charge < -0.3 is 15.4 Å². The Bertz CT molecular complexity index is 978. The van der Waals surface area contributed by atoms with Crippen LogP contribution in [-0.4, -0.2) is 42.0 Å². The minimum absolute atomic E-state index is 0.291. The zero-order valence-corrected chi connectivity index (χ0v) is 17.0. The van der Waals surface area contributed by atoms with Crippen molar-refractivity contribution in [2.75, 3.05) is 13.2 Å². The number of carbonyl (C=O) groups is 3. The van der Waals surface area contributed by atoms with Crippen LogP contribution in [0.4, 0.5) is 0 Å². The number of amides is 2. The predicted molar refractivity (Wildman–Crippen MR) is 110 cm³/mol. The number of hydrogen-bond donors (Lipinski definition) is 2. The smallest absolute Gasteiger partial charge is 0.348 e. The van der Waals surface area contributed by atoms with Gasteiger partial charge in [0.05, 0.1) is 15.1 Å². The van der Waals surface area contributed by atoms with Crippen LogP contribution >= 0.6 is 22.7 Å². The van der Waals surface area contributed by atoms with Crippen molar-refractivity contribution in [2.45, 2.75) is 19.9 Å². The number of esters is 1. The van der Waals surface area contributed by atoms with Gasteiger partial charge in [0.15, 0.2) is 6.61 Å². The van der Waals surface area contributed by atoms with E-state index in [4.69, 9.17) is 4.74 Å². The molecule has 1 aromatic carbocycles. The lowest BCUT2D eigenvalue weighted by atomic mass is 10.3. The van der Waals surface area contributed by atoms with E-state index in [2.05, 4.69) is 15.6 Å². The summed E-state index contributed by atoms with van der Waals surface area (Å²) in [6.45, 7) is 3.38. The summed E-state index contributed by atoms with van der Waals surface area (Å²) < 4.78 is 6.13. The van der Waals surface area contributed by atoms with Crippen LogP contribution in [0.25, 0.3) is 20.1 Å². The fourth-order valence-corrected chi connectivity index (χ4v) is 4.34. The summed E-state index contributed by atoms with van der Waals surface area (Å²) in [6, 6.07) is 10.6. The quantitative estimate of drug-likeness (QED) is 0.576. The molecule has 0 saturated carbocycles. The topological polar surface area (TPSA) is 97.4 Å². The molecule has 0 radical (unpaired) electrons. The Hall–Kier alpha value is -2.78. The van der Waals surface area contributed by atoms with E-state index in [1.807, 2.05) is 30.3 Å². The first kappa shape index (κ1) is 20.0. The van der Waals surface area contributed by atoms with E-state index in [1.54, 1.807) is 31.3 Å². The third-order valence-corrected chi connectivity index (χ3v) is 6.04. The number of hydrogen-bond acceptors (Lipinski definition) is 7. The number of carbonyl (C=O) groups excluding carboxylic acids is 3. The fourth-order valence-electron chi connectivity index (χ4n) is 2.42. The van der Waals surface area contributed by atoms with Gasteiger partial charge >= 0.3 is 5.97 Å². The SMILES string of the molecule is CCNC(=O)[C@H](C)NC(=O)COC(=O)c1ccc(-c2nc3ccccc3s2)s1. The van der Waals surface area contributed by atoms with Crippen molar-refractivity contribution in [1.29, 1.82) is 0 Å². The average molecular weight is 418 g/mol. The first-order valence-electron chi connectivity index (χ1n) is 8.68. The first-order chi connectivity index (χ1) is 13.5. The molecule has 2 heterocycles. The number of rotatable bonds is 7. The Kier molecular flexibility index (Phi) is 6.37. The maximum Gasteiger partial charge on any atom is 0.348 e. The van der Waals surface area contributed by atoms with Gasteiger partial charge in [-0.25, -0.2) is 9.78 Å². The molecule has 0 aliphatic carbocycles. The van der Waals surface area contributed by atoms with E-state index in [0.717, 1.165) is 20.1 Å². The summed E-state index contributed by atoms with van der Waals surface area (Å²) in [5.41, 5.74) is 0.915. The molecule has 146 valence electrons. The molecule has 2 amide bonds. The highest BCUT2D eigenvalue weighted by Gasteiger charge is 2.18. The number of thiophene rings is 1. The molecule has 0 unspecified atom stereocenters. The third-order valence-electron chi connectivity index (χ3n) is 3.77. The Morgan fingerprint density at radius 2 is 1.93 bits per heavy atom. The molecule has 3 rings (SSSR count). The molecular formula is C19H19N3O4S2. The standard InChI is InChI=1S/C19H19N3O4S2/c1-3-20-17(24)11(2)21-16(23)10-26-19(25)15-9-8-14(27-15)18-22-12-6-4-5-7-13(12)28-18/h4-9,11H,3,10H2,1-2H3,(H,20,24)(H,21,23)/t11-/m0/s1. The lowest BCUT2D eigenvalue weighted by Gasteiger charge is -2.13. The van der Waals surface area contributed by atoms with Crippen LogP contribution in [0, 0.1) is 0 Å². The van der Waals surface area contributed by atoms with Gasteiger partial charge in [-0.3, -0.25) is 9.59 Å².